The Kier molecular flexibility index (Phi) is 3.08. The van der Waals surface area contributed by atoms with Gasteiger partial charge in [0.2, 0.25) is 0 Å². The van der Waals surface area contributed by atoms with E-state index in [1.54, 1.807) is 13.2 Å². The van der Waals surface area contributed by atoms with E-state index in [0.29, 0.717) is 17.9 Å². The first kappa shape index (κ1) is 14.4. The van der Waals surface area contributed by atoms with Gasteiger partial charge in [-0.15, -0.1) is 0 Å². The molecule has 2 aliphatic heterocycles. The van der Waals surface area contributed by atoms with Gasteiger partial charge in [-0.1, -0.05) is 6.07 Å². The molecule has 21 heavy (non-hydrogen) atoms. The van der Waals surface area contributed by atoms with Crippen LogP contribution >= 0.6 is 0 Å². The predicted octanol–water partition coefficient (Wildman–Crippen LogP) is 1.24. The highest BCUT2D eigenvalue weighted by Crippen LogP contribution is 2.37. The zero-order valence-corrected chi connectivity index (χ0v) is 13.1. The van der Waals surface area contributed by atoms with E-state index < -0.39 is 18.3 Å². The molecule has 1 saturated heterocycles. The summed E-state index contributed by atoms with van der Waals surface area (Å²) in [6.07, 6.45) is 0. The number of hydrogen-bond donors (Lipinski definition) is 1. The number of nitrogens with one attached hydrogen (secondary N) is 1. The highest BCUT2D eigenvalue weighted by Gasteiger charge is 2.52. The molecular weight excluding hydrogens is 269 g/mol. The van der Waals surface area contributed by atoms with Gasteiger partial charge in [0, 0.05) is 17.6 Å². The lowest BCUT2D eigenvalue weighted by atomic mass is 9.77. The number of methoxy groups -OCH3 is 1. The van der Waals surface area contributed by atoms with Crippen molar-refractivity contribution in [3.05, 3.63) is 23.3 Å². The summed E-state index contributed by atoms with van der Waals surface area (Å²) in [7, 11) is 1.09. The van der Waals surface area contributed by atoms with Gasteiger partial charge in [-0.3, -0.25) is 4.79 Å². The van der Waals surface area contributed by atoms with Crippen molar-refractivity contribution >= 4 is 18.5 Å². The summed E-state index contributed by atoms with van der Waals surface area (Å²) in [4.78, 5) is 11.7. The van der Waals surface area contributed by atoms with Crippen LogP contribution in [0.25, 0.3) is 0 Å². The van der Waals surface area contributed by atoms with Gasteiger partial charge < -0.3 is 19.4 Å². The maximum absolute atomic E-state index is 11.7. The molecule has 1 amide bonds. The molecule has 1 aromatic rings. The highest BCUT2D eigenvalue weighted by atomic mass is 16.7. The van der Waals surface area contributed by atoms with Crippen LogP contribution in [0, 0.1) is 0 Å². The zero-order valence-electron chi connectivity index (χ0n) is 13.1. The van der Waals surface area contributed by atoms with Crippen LogP contribution in [0.5, 0.6) is 5.75 Å². The third kappa shape index (κ3) is 2.13. The highest BCUT2D eigenvalue weighted by molar-refractivity contribution is 6.63. The van der Waals surface area contributed by atoms with Gasteiger partial charge in [-0.2, -0.15) is 0 Å². The number of amides is 1. The summed E-state index contributed by atoms with van der Waals surface area (Å²) >= 11 is 0. The first-order valence-corrected chi connectivity index (χ1v) is 7.10. The molecule has 0 bridgehead atoms. The monoisotopic (exact) mass is 289 g/mol. The van der Waals surface area contributed by atoms with Crippen LogP contribution in [0.4, 0.5) is 0 Å². The fourth-order valence-electron chi connectivity index (χ4n) is 2.60. The Bertz CT molecular complexity index is 596. The maximum Gasteiger partial charge on any atom is 0.498 e. The Labute approximate surface area is 125 Å². The molecule has 2 heterocycles. The molecule has 6 heteroatoms. The molecule has 2 aliphatic rings. The Morgan fingerprint density at radius 3 is 2.38 bits per heavy atom. The number of carbonyl (C=O) groups is 1. The predicted molar refractivity (Wildman–Crippen MR) is 79.9 cm³/mol. The second-order valence-electron chi connectivity index (χ2n) is 6.52. The second kappa shape index (κ2) is 4.48. The molecule has 0 atom stereocenters. The summed E-state index contributed by atoms with van der Waals surface area (Å²) in [6.45, 7) is 8.58. The van der Waals surface area contributed by atoms with E-state index in [1.165, 1.54) is 0 Å². The molecule has 0 aliphatic carbocycles. The number of benzene rings is 1. The van der Waals surface area contributed by atoms with E-state index in [2.05, 4.69) is 5.32 Å². The van der Waals surface area contributed by atoms with E-state index in [9.17, 15) is 4.79 Å². The maximum atomic E-state index is 11.7. The van der Waals surface area contributed by atoms with Crippen molar-refractivity contribution in [1.82, 2.24) is 5.32 Å². The topological polar surface area (TPSA) is 56.8 Å². The van der Waals surface area contributed by atoms with Gasteiger partial charge in [-0.25, -0.2) is 0 Å². The lowest BCUT2D eigenvalue weighted by Gasteiger charge is -2.32. The van der Waals surface area contributed by atoms with Crippen LogP contribution in [-0.4, -0.2) is 31.3 Å². The minimum absolute atomic E-state index is 0.0660. The molecule has 0 saturated carbocycles. The van der Waals surface area contributed by atoms with E-state index in [0.717, 1.165) is 11.0 Å². The number of fused-ring (bicyclic) bond motifs is 1. The fraction of sp³-hybridized carbons (Fsp3) is 0.533. The van der Waals surface area contributed by atoms with Gasteiger partial charge in [0.05, 0.1) is 18.3 Å². The fourth-order valence-corrected chi connectivity index (χ4v) is 2.60. The largest absolute Gasteiger partial charge is 0.498 e. The van der Waals surface area contributed by atoms with Gasteiger partial charge in [-0.05, 0) is 39.3 Å². The molecule has 3 rings (SSSR count). The minimum Gasteiger partial charge on any atom is -0.497 e. The molecule has 1 N–H and O–H groups in total. The van der Waals surface area contributed by atoms with Gasteiger partial charge >= 0.3 is 7.12 Å². The van der Waals surface area contributed by atoms with Crippen LogP contribution < -0.4 is 15.5 Å². The first-order valence-electron chi connectivity index (χ1n) is 7.10. The smallest absolute Gasteiger partial charge is 0.497 e. The number of hydrogen-bond acceptors (Lipinski definition) is 4. The van der Waals surface area contributed by atoms with Crippen molar-refractivity contribution in [3.63, 3.8) is 0 Å². The molecule has 0 spiro atoms. The van der Waals surface area contributed by atoms with Gasteiger partial charge in [0.15, 0.2) is 0 Å². The zero-order chi connectivity index (χ0) is 15.4. The SMILES string of the molecule is COc1cc2c(cc1B1OC(C)(C)C(C)(C)O1)CNC2=O. The van der Waals surface area contributed by atoms with Crippen LogP contribution in [-0.2, 0) is 15.9 Å². The van der Waals surface area contributed by atoms with Crippen LogP contribution in [0.1, 0.15) is 43.6 Å². The molecule has 5 nitrogen and oxygen atoms in total. The average Bonchev–Trinajstić information content (AvgIpc) is 2.86. The first-order chi connectivity index (χ1) is 9.75. The Morgan fingerprint density at radius 2 is 1.81 bits per heavy atom. The average molecular weight is 289 g/mol. The summed E-state index contributed by atoms with van der Waals surface area (Å²) in [5.74, 6) is 0.549. The number of carbonyl (C=O) groups excluding carboxylic acids is 1. The molecule has 0 unspecified atom stereocenters. The standard InChI is InChI=1S/C15H20BNO4/c1-14(2)15(3,4)21-16(20-14)11-6-9-8-17-13(18)10(9)7-12(11)19-5/h6-7H,8H2,1-5H3,(H,17,18). The summed E-state index contributed by atoms with van der Waals surface area (Å²) in [5, 5.41) is 2.81. The summed E-state index contributed by atoms with van der Waals surface area (Å²) in [6, 6.07) is 3.70. The summed E-state index contributed by atoms with van der Waals surface area (Å²) < 4.78 is 17.6. The molecule has 112 valence electrons. The van der Waals surface area contributed by atoms with Crippen molar-refractivity contribution in [2.45, 2.75) is 45.4 Å². The van der Waals surface area contributed by atoms with Gasteiger partial charge in [0.1, 0.15) is 5.75 Å². The molecule has 0 radical (unpaired) electrons. The molecular formula is C15H20BNO4. The summed E-state index contributed by atoms with van der Waals surface area (Å²) in [5.41, 5.74) is 1.62. The van der Waals surface area contributed by atoms with E-state index in [1.807, 2.05) is 33.8 Å². The third-order valence-corrected chi connectivity index (χ3v) is 4.65. The Morgan fingerprint density at radius 1 is 1.19 bits per heavy atom. The Balaban J connectivity index is 2.02. The lowest BCUT2D eigenvalue weighted by Crippen LogP contribution is -2.41. The molecule has 1 fully saturated rings. The molecule has 1 aromatic carbocycles. The minimum atomic E-state index is -0.494. The Hall–Kier alpha value is -1.53. The number of ether oxygens (including phenoxy) is 1. The molecule has 0 aromatic heterocycles. The van der Waals surface area contributed by atoms with Crippen LogP contribution in [0.2, 0.25) is 0 Å². The van der Waals surface area contributed by atoms with E-state index in [4.69, 9.17) is 14.0 Å². The number of rotatable bonds is 2. The van der Waals surface area contributed by atoms with E-state index >= 15 is 0 Å². The van der Waals surface area contributed by atoms with Crippen molar-refractivity contribution < 1.29 is 18.8 Å². The van der Waals surface area contributed by atoms with Crippen molar-refractivity contribution in [2.75, 3.05) is 7.11 Å². The van der Waals surface area contributed by atoms with Crippen molar-refractivity contribution in [2.24, 2.45) is 0 Å². The van der Waals surface area contributed by atoms with Gasteiger partial charge in [0.25, 0.3) is 5.91 Å². The quantitative estimate of drug-likeness (QED) is 0.832. The second-order valence-corrected chi connectivity index (χ2v) is 6.52. The van der Waals surface area contributed by atoms with Crippen molar-refractivity contribution in [3.8, 4) is 5.75 Å². The normalized spacial score (nSPS) is 22.1. The lowest BCUT2D eigenvalue weighted by molar-refractivity contribution is 0.00578. The van der Waals surface area contributed by atoms with Crippen LogP contribution in [0.3, 0.4) is 0 Å². The van der Waals surface area contributed by atoms with Crippen molar-refractivity contribution in [1.29, 1.82) is 0 Å². The third-order valence-electron chi connectivity index (χ3n) is 4.65. The van der Waals surface area contributed by atoms with E-state index in [-0.39, 0.29) is 5.91 Å². The van der Waals surface area contributed by atoms with Crippen LogP contribution in [0.15, 0.2) is 12.1 Å².